The Kier molecular flexibility index (Phi) is 4.52. The molecule has 3 heteroatoms. The van der Waals surface area contributed by atoms with Crippen molar-refractivity contribution in [2.45, 2.75) is 0 Å². The van der Waals surface area contributed by atoms with Crippen LogP contribution in [0, 0.1) is 0 Å². The van der Waals surface area contributed by atoms with E-state index in [2.05, 4.69) is 142 Å². The highest BCUT2D eigenvalue weighted by molar-refractivity contribution is 6.12. The first-order valence-corrected chi connectivity index (χ1v) is 12.9. The number of hydrogen-bond acceptors (Lipinski definition) is 1. The summed E-state index contributed by atoms with van der Waals surface area (Å²) in [5, 5.41) is 4.88. The van der Waals surface area contributed by atoms with Crippen LogP contribution in [0.3, 0.4) is 0 Å². The second kappa shape index (κ2) is 8.19. The van der Waals surface area contributed by atoms with Gasteiger partial charge < -0.3 is 9.13 Å². The number of rotatable bonds is 3. The lowest BCUT2D eigenvalue weighted by Crippen LogP contribution is -1.96. The summed E-state index contributed by atoms with van der Waals surface area (Å²) in [5.41, 5.74) is 9.45. The van der Waals surface area contributed by atoms with E-state index in [1.54, 1.807) is 0 Å². The Balaban J connectivity index is 1.40. The Morgan fingerprint density at radius 1 is 0.395 bits per heavy atom. The molecular formula is C35H23N3. The summed E-state index contributed by atoms with van der Waals surface area (Å²) in [6.45, 7) is 0. The molecule has 178 valence electrons. The van der Waals surface area contributed by atoms with E-state index in [1.807, 2.05) is 12.4 Å². The van der Waals surface area contributed by atoms with E-state index in [-0.39, 0.29) is 0 Å². The molecule has 0 N–H and O–H groups in total. The molecule has 0 unspecified atom stereocenters. The van der Waals surface area contributed by atoms with Crippen molar-refractivity contribution < 1.29 is 0 Å². The highest BCUT2D eigenvalue weighted by atomic mass is 15.0. The normalized spacial score (nSPS) is 11.7. The minimum atomic E-state index is 1.14. The van der Waals surface area contributed by atoms with Gasteiger partial charge in [-0.3, -0.25) is 4.98 Å². The standard InChI is InChI=1S/C35H23N3/c1-2-9-24(10-3-1)25-11-8-12-26(21-25)37-34-18-17-27(22-30(34)31-23-36-20-19-35(31)37)38-32-15-6-4-13-28(32)29-14-5-7-16-33(29)38/h1-23H. The maximum absolute atomic E-state index is 4.51. The Hall–Kier alpha value is -5.15. The molecule has 0 amide bonds. The number of hydrogen-bond donors (Lipinski definition) is 0. The van der Waals surface area contributed by atoms with Crippen molar-refractivity contribution in [2.24, 2.45) is 0 Å². The zero-order chi connectivity index (χ0) is 25.1. The molecule has 0 bridgehead atoms. The van der Waals surface area contributed by atoms with Crippen LogP contribution in [0.5, 0.6) is 0 Å². The zero-order valence-electron chi connectivity index (χ0n) is 20.6. The largest absolute Gasteiger partial charge is 0.309 e. The van der Waals surface area contributed by atoms with Gasteiger partial charge in [0.1, 0.15) is 0 Å². The van der Waals surface area contributed by atoms with Crippen LogP contribution in [-0.2, 0) is 0 Å². The summed E-state index contributed by atoms with van der Waals surface area (Å²) in [4.78, 5) is 4.51. The highest BCUT2D eigenvalue weighted by Gasteiger charge is 2.16. The monoisotopic (exact) mass is 485 g/mol. The number of fused-ring (bicyclic) bond motifs is 6. The third-order valence-electron chi connectivity index (χ3n) is 7.60. The van der Waals surface area contributed by atoms with Crippen molar-refractivity contribution in [3.63, 3.8) is 0 Å². The van der Waals surface area contributed by atoms with Crippen LogP contribution in [0.15, 0.2) is 140 Å². The van der Waals surface area contributed by atoms with E-state index in [4.69, 9.17) is 0 Å². The van der Waals surface area contributed by atoms with Gasteiger partial charge in [-0.05, 0) is 59.7 Å². The third kappa shape index (κ3) is 3.06. The van der Waals surface area contributed by atoms with E-state index in [9.17, 15) is 0 Å². The summed E-state index contributed by atoms with van der Waals surface area (Å²) in [5.74, 6) is 0. The van der Waals surface area contributed by atoms with Gasteiger partial charge in [-0.15, -0.1) is 0 Å². The van der Waals surface area contributed by atoms with Crippen LogP contribution in [0.4, 0.5) is 0 Å². The Morgan fingerprint density at radius 3 is 1.76 bits per heavy atom. The molecule has 8 rings (SSSR count). The molecule has 0 spiro atoms. The number of benzene rings is 5. The van der Waals surface area contributed by atoms with Crippen LogP contribution >= 0.6 is 0 Å². The van der Waals surface area contributed by atoms with E-state index < -0.39 is 0 Å². The fraction of sp³-hybridized carbons (Fsp3) is 0. The van der Waals surface area contributed by atoms with E-state index in [0.29, 0.717) is 0 Å². The molecule has 3 nitrogen and oxygen atoms in total. The number of pyridine rings is 1. The van der Waals surface area contributed by atoms with Crippen molar-refractivity contribution >= 4 is 43.6 Å². The number of para-hydroxylation sites is 2. The molecule has 5 aromatic carbocycles. The third-order valence-corrected chi connectivity index (χ3v) is 7.60. The molecular weight excluding hydrogens is 462 g/mol. The molecule has 0 fully saturated rings. The van der Waals surface area contributed by atoms with Crippen molar-refractivity contribution in [3.8, 4) is 22.5 Å². The van der Waals surface area contributed by atoms with Gasteiger partial charge in [0.2, 0.25) is 0 Å². The van der Waals surface area contributed by atoms with Gasteiger partial charge in [-0.25, -0.2) is 0 Å². The Morgan fingerprint density at radius 2 is 1.00 bits per heavy atom. The van der Waals surface area contributed by atoms with Crippen molar-refractivity contribution in [1.29, 1.82) is 0 Å². The molecule has 0 atom stereocenters. The lowest BCUT2D eigenvalue weighted by Gasteiger charge is -2.11. The smallest absolute Gasteiger partial charge is 0.0571 e. The van der Waals surface area contributed by atoms with Gasteiger partial charge in [0.25, 0.3) is 0 Å². The Labute approximate surface area is 219 Å². The fourth-order valence-corrected chi connectivity index (χ4v) is 5.93. The number of nitrogens with zero attached hydrogens (tertiary/aromatic N) is 3. The van der Waals surface area contributed by atoms with Crippen LogP contribution in [0.25, 0.3) is 66.1 Å². The van der Waals surface area contributed by atoms with Crippen molar-refractivity contribution in [2.75, 3.05) is 0 Å². The molecule has 38 heavy (non-hydrogen) atoms. The molecule has 0 saturated carbocycles. The van der Waals surface area contributed by atoms with Crippen LogP contribution in [-0.4, -0.2) is 14.1 Å². The van der Waals surface area contributed by atoms with E-state index in [0.717, 1.165) is 22.3 Å². The minimum Gasteiger partial charge on any atom is -0.309 e. The molecule has 0 aliphatic heterocycles. The minimum absolute atomic E-state index is 1.14. The first-order chi connectivity index (χ1) is 18.9. The second-order valence-electron chi connectivity index (χ2n) is 9.72. The lowest BCUT2D eigenvalue weighted by atomic mass is 10.1. The summed E-state index contributed by atoms with van der Waals surface area (Å²) < 4.78 is 4.73. The van der Waals surface area contributed by atoms with Crippen LogP contribution < -0.4 is 0 Å². The average Bonchev–Trinajstić information content (AvgIpc) is 3.50. The SMILES string of the molecule is c1ccc(-c2cccc(-n3c4ccncc4c4cc(-n5c6ccccc6c6ccccc65)ccc43)c2)cc1. The van der Waals surface area contributed by atoms with Crippen molar-refractivity contribution in [3.05, 3.63) is 140 Å². The second-order valence-corrected chi connectivity index (χ2v) is 9.72. The molecule has 0 aliphatic carbocycles. The van der Waals surface area contributed by atoms with Gasteiger partial charge in [0, 0.05) is 45.3 Å². The molecule has 3 aromatic heterocycles. The van der Waals surface area contributed by atoms with Gasteiger partial charge in [0.15, 0.2) is 0 Å². The van der Waals surface area contributed by atoms with Crippen molar-refractivity contribution in [1.82, 2.24) is 14.1 Å². The topological polar surface area (TPSA) is 22.8 Å². The highest BCUT2D eigenvalue weighted by Crippen LogP contribution is 2.37. The van der Waals surface area contributed by atoms with Crippen LogP contribution in [0.2, 0.25) is 0 Å². The fourth-order valence-electron chi connectivity index (χ4n) is 5.93. The first kappa shape index (κ1) is 21.0. The summed E-state index contributed by atoms with van der Waals surface area (Å²) in [7, 11) is 0. The average molecular weight is 486 g/mol. The predicted molar refractivity (Wildman–Crippen MR) is 158 cm³/mol. The summed E-state index contributed by atoms with van der Waals surface area (Å²) in [6.07, 6.45) is 3.87. The van der Waals surface area contributed by atoms with Gasteiger partial charge in [-0.2, -0.15) is 0 Å². The molecule has 0 saturated heterocycles. The molecule has 3 heterocycles. The molecule has 0 aliphatic rings. The maximum Gasteiger partial charge on any atom is 0.0571 e. The Bertz CT molecular complexity index is 2080. The molecule has 0 radical (unpaired) electrons. The van der Waals surface area contributed by atoms with Gasteiger partial charge in [-0.1, -0.05) is 78.9 Å². The lowest BCUT2D eigenvalue weighted by molar-refractivity contribution is 1.16. The molecule has 8 aromatic rings. The first-order valence-electron chi connectivity index (χ1n) is 12.9. The quantitative estimate of drug-likeness (QED) is 0.245. The zero-order valence-corrected chi connectivity index (χ0v) is 20.6. The van der Waals surface area contributed by atoms with E-state index >= 15 is 0 Å². The van der Waals surface area contributed by atoms with E-state index in [1.165, 1.54) is 43.8 Å². The van der Waals surface area contributed by atoms with Crippen LogP contribution in [0.1, 0.15) is 0 Å². The predicted octanol–water partition coefficient (Wildman–Crippen LogP) is 8.94. The van der Waals surface area contributed by atoms with Gasteiger partial charge in [0.05, 0.1) is 22.1 Å². The maximum atomic E-state index is 4.51. The van der Waals surface area contributed by atoms with Gasteiger partial charge >= 0.3 is 0 Å². The summed E-state index contributed by atoms with van der Waals surface area (Å²) >= 11 is 0. The number of aromatic nitrogens is 3. The summed E-state index contributed by atoms with van der Waals surface area (Å²) in [6, 6.07) is 45.6.